The highest BCUT2D eigenvalue weighted by Gasteiger charge is 2.12. The minimum Gasteiger partial charge on any atom is -0.489 e. The highest BCUT2D eigenvalue weighted by molar-refractivity contribution is 7.09. The Balaban J connectivity index is 1.48. The van der Waals surface area contributed by atoms with Crippen molar-refractivity contribution in [2.45, 2.75) is 32.7 Å². The average molecular weight is 439 g/mol. The fraction of sp³-hybridized carbons (Fsp3) is 0.333. The molecule has 1 heterocycles. The second-order valence-corrected chi connectivity index (χ2v) is 8.12. The van der Waals surface area contributed by atoms with Crippen LogP contribution in [0.4, 0.5) is 0 Å². The van der Waals surface area contributed by atoms with Crippen LogP contribution in [0.1, 0.15) is 34.9 Å². The second kappa shape index (κ2) is 11.5. The molecule has 0 radical (unpaired) electrons. The molecule has 0 saturated carbocycles. The minimum absolute atomic E-state index is 0.0163. The largest absolute Gasteiger partial charge is 0.489 e. The number of hydrogen-bond donors (Lipinski definition) is 1. The number of methoxy groups -OCH3 is 1. The highest BCUT2D eigenvalue weighted by atomic mass is 32.1. The number of thiazole rings is 1. The van der Waals surface area contributed by atoms with Crippen LogP contribution in [-0.4, -0.2) is 37.0 Å². The summed E-state index contributed by atoms with van der Waals surface area (Å²) in [6.45, 7) is 3.94. The van der Waals surface area contributed by atoms with Crippen LogP contribution in [0.3, 0.4) is 0 Å². The van der Waals surface area contributed by atoms with E-state index in [0.29, 0.717) is 19.7 Å². The summed E-state index contributed by atoms with van der Waals surface area (Å²) in [7, 11) is 5.51. The molecule has 1 atom stereocenters. The molecule has 1 aromatic heterocycles. The number of para-hydroxylation sites is 1. The summed E-state index contributed by atoms with van der Waals surface area (Å²) >= 11 is 1.62. The van der Waals surface area contributed by atoms with Crippen molar-refractivity contribution in [2.75, 3.05) is 21.2 Å². The molecule has 0 spiro atoms. The van der Waals surface area contributed by atoms with E-state index < -0.39 is 0 Å². The van der Waals surface area contributed by atoms with E-state index in [9.17, 15) is 0 Å². The summed E-state index contributed by atoms with van der Waals surface area (Å²) in [4.78, 5) is 11.1. The van der Waals surface area contributed by atoms with Crippen molar-refractivity contribution in [2.24, 2.45) is 4.99 Å². The van der Waals surface area contributed by atoms with E-state index >= 15 is 0 Å². The van der Waals surface area contributed by atoms with Gasteiger partial charge in [-0.3, -0.25) is 4.99 Å². The first-order valence-electron chi connectivity index (χ1n) is 10.2. The summed E-state index contributed by atoms with van der Waals surface area (Å²) in [5, 5.41) is 6.48. The van der Waals surface area contributed by atoms with Gasteiger partial charge in [0.25, 0.3) is 0 Å². The molecule has 3 rings (SSSR count). The van der Waals surface area contributed by atoms with Crippen molar-refractivity contribution >= 4 is 17.3 Å². The number of hydrogen-bond acceptors (Lipinski definition) is 5. The molecule has 1 unspecified atom stereocenters. The maximum absolute atomic E-state index is 5.80. The molecule has 0 aliphatic heterocycles. The first-order valence-corrected chi connectivity index (χ1v) is 11.1. The standard InChI is InChI=1S/C24H30N4O2S/c1-18(29-4)23-27-21(17-31-23)15-28(3)24(25-2)26-14-19-10-12-20(13-11-19)16-30-22-8-6-5-7-9-22/h5-13,17-18H,14-16H2,1-4H3,(H,25,26). The highest BCUT2D eigenvalue weighted by Crippen LogP contribution is 2.21. The van der Waals surface area contributed by atoms with Crippen molar-refractivity contribution < 1.29 is 9.47 Å². The van der Waals surface area contributed by atoms with Crippen LogP contribution in [0.25, 0.3) is 0 Å². The molecule has 0 bridgehead atoms. The van der Waals surface area contributed by atoms with E-state index in [4.69, 9.17) is 9.47 Å². The van der Waals surface area contributed by atoms with Crippen LogP contribution < -0.4 is 10.1 Å². The lowest BCUT2D eigenvalue weighted by Crippen LogP contribution is -2.38. The van der Waals surface area contributed by atoms with E-state index in [-0.39, 0.29) is 6.10 Å². The van der Waals surface area contributed by atoms with Crippen LogP contribution >= 0.6 is 11.3 Å². The number of ether oxygens (including phenoxy) is 2. The van der Waals surface area contributed by atoms with Crippen molar-refractivity contribution in [1.82, 2.24) is 15.2 Å². The maximum Gasteiger partial charge on any atom is 0.194 e. The lowest BCUT2D eigenvalue weighted by atomic mass is 10.1. The Morgan fingerprint density at radius 1 is 1.13 bits per heavy atom. The molecular weight excluding hydrogens is 408 g/mol. The van der Waals surface area contributed by atoms with E-state index in [1.165, 1.54) is 5.56 Å². The van der Waals surface area contributed by atoms with Gasteiger partial charge in [-0.1, -0.05) is 42.5 Å². The molecule has 3 aromatic rings. The van der Waals surface area contributed by atoms with Crippen LogP contribution in [0.5, 0.6) is 5.75 Å². The summed E-state index contributed by atoms with van der Waals surface area (Å²) in [5.41, 5.74) is 3.33. The van der Waals surface area contributed by atoms with Gasteiger partial charge in [-0.2, -0.15) is 0 Å². The quantitative estimate of drug-likeness (QED) is 0.390. The van der Waals surface area contributed by atoms with Crippen molar-refractivity contribution in [3.63, 3.8) is 0 Å². The van der Waals surface area contributed by atoms with Gasteiger partial charge in [0.15, 0.2) is 5.96 Å². The maximum atomic E-state index is 5.80. The zero-order valence-corrected chi connectivity index (χ0v) is 19.4. The van der Waals surface area contributed by atoms with E-state index in [2.05, 4.69) is 49.8 Å². The number of aromatic nitrogens is 1. The Kier molecular flexibility index (Phi) is 8.44. The van der Waals surface area contributed by atoms with Gasteiger partial charge in [0.1, 0.15) is 23.5 Å². The summed E-state index contributed by atoms with van der Waals surface area (Å²) in [5.74, 6) is 1.70. The Morgan fingerprint density at radius 3 is 2.52 bits per heavy atom. The average Bonchev–Trinajstić information content (AvgIpc) is 3.27. The number of guanidine groups is 1. The van der Waals surface area contributed by atoms with Crippen molar-refractivity contribution in [1.29, 1.82) is 0 Å². The molecule has 0 aliphatic carbocycles. The first kappa shape index (κ1) is 22.8. The van der Waals surface area contributed by atoms with Gasteiger partial charge in [-0.25, -0.2) is 4.98 Å². The Morgan fingerprint density at radius 2 is 1.84 bits per heavy atom. The predicted molar refractivity (Wildman–Crippen MR) is 126 cm³/mol. The summed E-state index contributed by atoms with van der Waals surface area (Å²) in [6.07, 6.45) is 0.0163. The van der Waals surface area contributed by atoms with Crippen LogP contribution in [-0.2, 0) is 24.4 Å². The molecule has 7 heteroatoms. The topological polar surface area (TPSA) is 59.0 Å². The molecule has 6 nitrogen and oxygen atoms in total. The first-order chi connectivity index (χ1) is 15.1. The third-order valence-corrected chi connectivity index (χ3v) is 5.92. The van der Waals surface area contributed by atoms with Crippen molar-refractivity contribution in [3.8, 4) is 5.75 Å². The summed E-state index contributed by atoms with van der Waals surface area (Å²) < 4.78 is 11.2. The molecule has 0 saturated heterocycles. The van der Waals surface area contributed by atoms with Crippen LogP contribution in [0.15, 0.2) is 65.0 Å². The Hall–Kier alpha value is -2.90. The lowest BCUT2D eigenvalue weighted by molar-refractivity contribution is 0.119. The fourth-order valence-corrected chi connectivity index (χ4v) is 3.85. The van der Waals surface area contributed by atoms with E-state index in [1.807, 2.05) is 44.3 Å². The molecule has 0 fully saturated rings. The smallest absolute Gasteiger partial charge is 0.194 e. The molecule has 164 valence electrons. The summed E-state index contributed by atoms with van der Waals surface area (Å²) in [6, 6.07) is 18.3. The SMILES string of the molecule is CN=C(NCc1ccc(COc2ccccc2)cc1)N(C)Cc1csc(C(C)OC)n1. The number of rotatable bonds is 9. The monoisotopic (exact) mass is 438 g/mol. The van der Waals surface area contributed by atoms with Gasteiger partial charge >= 0.3 is 0 Å². The van der Waals surface area contributed by atoms with Gasteiger partial charge in [-0.05, 0) is 30.2 Å². The number of nitrogens with one attached hydrogen (secondary N) is 1. The lowest BCUT2D eigenvalue weighted by Gasteiger charge is -2.21. The number of aliphatic imine (C=N–C) groups is 1. The molecular formula is C24H30N4O2S. The fourth-order valence-electron chi connectivity index (χ4n) is 3.00. The molecule has 31 heavy (non-hydrogen) atoms. The van der Waals surface area contributed by atoms with Gasteiger partial charge in [0.2, 0.25) is 0 Å². The van der Waals surface area contributed by atoms with Gasteiger partial charge in [-0.15, -0.1) is 11.3 Å². The Labute approximate surface area is 188 Å². The Bertz CT molecular complexity index is 957. The van der Waals surface area contributed by atoms with Crippen molar-refractivity contribution in [3.05, 3.63) is 81.8 Å². The van der Waals surface area contributed by atoms with Gasteiger partial charge in [0.05, 0.1) is 12.2 Å². The van der Waals surface area contributed by atoms with Crippen LogP contribution in [0, 0.1) is 0 Å². The molecule has 2 aromatic carbocycles. The predicted octanol–water partition coefficient (Wildman–Crippen LogP) is 4.64. The molecule has 1 N–H and O–H groups in total. The third-order valence-electron chi connectivity index (χ3n) is 4.87. The van der Waals surface area contributed by atoms with E-state index in [1.54, 1.807) is 25.5 Å². The van der Waals surface area contributed by atoms with Crippen LogP contribution in [0.2, 0.25) is 0 Å². The number of benzene rings is 2. The van der Waals surface area contributed by atoms with Gasteiger partial charge in [0, 0.05) is 33.1 Å². The number of nitrogens with zero attached hydrogens (tertiary/aromatic N) is 3. The second-order valence-electron chi connectivity index (χ2n) is 7.23. The molecule has 0 aliphatic rings. The zero-order chi connectivity index (χ0) is 22.1. The molecule has 0 amide bonds. The zero-order valence-electron chi connectivity index (χ0n) is 18.5. The third kappa shape index (κ3) is 6.80. The minimum atomic E-state index is 0.0163. The van der Waals surface area contributed by atoms with E-state index in [0.717, 1.165) is 28.0 Å². The normalized spacial score (nSPS) is 12.5. The van der Waals surface area contributed by atoms with Gasteiger partial charge < -0.3 is 19.7 Å².